The molecule has 3 unspecified atom stereocenters. The molecule has 1 fully saturated rings. The molecule has 0 aromatic heterocycles. The highest BCUT2D eigenvalue weighted by Crippen LogP contribution is 2.51. The molecule has 0 saturated heterocycles. The topological polar surface area (TPSA) is 3.24 Å². The average Bonchev–Trinajstić information content (AvgIpc) is 2.62. The molecule has 0 N–H and O–H groups in total. The van der Waals surface area contributed by atoms with E-state index in [1.165, 1.54) is 25.9 Å². The van der Waals surface area contributed by atoms with Gasteiger partial charge in [0.25, 0.3) is 0 Å². The molecule has 2 aliphatic rings. The number of nitrogens with zero attached hydrogens (tertiary/aromatic N) is 1. The minimum Gasteiger partial charge on any atom is -0.306 e. The van der Waals surface area contributed by atoms with E-state index >= 15 is 0 Å². The predicted molar refractivity (Wildman–Crippen MR) is 56.6 cm³/mol. The fourth-order valence-electron chi connectivity index (χ4n) is 3.10. The zero-order valence-corrected chi connectivity index (χ0v) is 9.09. The van der Waals surface area contributed by atoms with Crippen molar-refractivity contribution in [3.63, 3.8) is 0 Å². The van der Waals surface area contributed by atoms with Crippen LogP contribution in [0.15, 0.2) is 12.2 Å². The van der Waals surface area contributed by atoms with Gasteiger partial charge in [-0.05, 0) is 43.7 Å². The molecule has 1 saturated carbocycles. The first kappa shape index (κ1) is 9.26. The van der Waals surface area contributed by atoms with E-state index in [0.29, 0.717) is 5.41 Å². The lowest BCUT2D eigenvalue weighted by molar-refractivity contribution is 0.165. The van der Waals surface area contributed by atoms with Gasteiger partial charge < -0.3 is 4.90 Å². The summed E-state index contributed by atoms with van der Waals surface area (Å²) in [6.07, 6.45) is 7.72. The Morgan fingerprint density at radius 2 is 2.23 bits per heavy atom. The van der Waals surface area contributed by atoms with Crippen molar-refractivity contribution in [2.45, 2.75) is 26.7 Å². The van der Waals surface area contributed by atoms with Crippen LogP contribution in [0.4, 0.5) is 0 Å². The highest BCUT2D eigenvalue weighted by molar-refractivity contribution is 5.14. The van der Waals surface area contributed by atoms with Gasteiger partial charge in [0.15, 0.2) is 0 Å². The van der Waals surface area contributed by atoms with Crippen LogP contribution >= 0.6 is 0 Å². The van der Waals surface area contributed by atoms with E-state index in [4.69, 9.17) is 0 Å². The quantitative estimate of drug-likeness (QED) is 0.602. The second-order valence-corrected chi connectivity index (χ2v) is 5.18. The van der Waals surface area contributed by atoms with Crippen LogP contribution in [0.5, 0.6) is 0 Å². The predicted octanol–water partition coefficient (Wildman–Crippen LogP) is 2.54. The van der Waals surface area contributed by atoms with Gasteiger partial charge in [0.1, 0.15) is 0 Å². The lowest BCUT2D eigenvalue weighted by Crippen LogP contribution is -2.36. The fourth-order valence-corrected chi connectivity index (χ4v) is 3.10. The summed E-state index contributed by atoms with van der Waals surface area (Å²) < 4.78 is 0. The molecule has 1 heteroatoms. The summed E-state index contributed by atoms with van der Waals surface area (Å²) in [5.41, 5.74) is 0.574. The highest BCUT2D eigenvalue weighted by atomic mass is 15.1. The van der Waals surface area contributed by atoms with Gasteiger partial charge in [0.05, 0.1) is 0 Å². The van der Waals surface area contributed by atoms with Gasteiger partial charge in [-0.3, -0.25) is 0 Å². The molecule has 0 amide bonds. The summed E-state index contributed by atoms with van der Waals surface area (Å²) in [5, 5.41) is 0. The molecular weight excluding hydrogens is 158 g/mol. The van der Waals surface area contributed by atoms with Crippen LogP contribution in [-0.2, 0) is 0 Å². The number of fused-ring (bicyclic) bond motifs is 2. The average molecular weight is 179 g/mol. The Balaban J connectivity index is 2.02. The Kier molecular flexibility index (Phi) is 2.23. The van der Waals surface area contributed by atoms with E-state index in [2.05, 4.69) is 37.9 Å². The van der Waals surface area contributed by atoms with Crippen LogP contribution in [-0.4, -0.2) is 25.0 Å². The standard InChI is InChI=1S/C12H21N/c1-4-13(3)9-12(2)8-10-5-6-11(12)7-10/h5-6,10-11H,4,7-9H2,1-3H3. The maximum absolute atomic E-state index is 2.47. The van der Waals surface area contributed by atoms with Crippen LogP contribution in [0, 0.1) is 17.3 Å². The van der Waals surface area contributed by atoms with Crippen molar-refractivity contribution >= 4 is 0 Å². The third-order valence-corrected chi connectivity index (χ3v) is 3.97. The van der Waals surface area contributed by atoms with Gasteiger partial charge in [0, 0.05) is 6.54 Å². The van der Waals surface area contributed by atoms with E-state index in [-0.39, 0.29) is 0 Å². The Hall–Kier alpha value is -0.300. The Morgan fingerprint density at radius 1 is 1.46 bits per heavy atom. The normalized spacial score (nSPS) is 42.2. The second-order valence-electron chi connectivity index (χ2n) is 5.18. The second kappa shape index (κ2) is 3.13. The first-order valence-electron chi connectivity index (χ1n) is 5.51. The van der Waals surface area contributed by atoms with Gasteiger partial charge in [0.2, 0.25) is 0 Å². The van der Waals surface area contributed by atoms with Crippen molar-refractivity contribution in [2.24, 2.45) is 17.3 Å². The molecule has 13 heavy (non-hydrogen) atoms. The van der Waals surface area contributed by atoms with Crippen molar-refractivity contribution in [2.75, 3.05) is 20.1 Å². The van der Waals surface area contributed by atoms with Crippen molar-refractivity contribution < 1.29 is 0 Å². The summed E-state index contributed by atoms with van der Waals surface area (Å²) in [7, 11) is 2.24. The van der Waals surface area contributed by atoms with Crippen LogP contribution in [0.1, 0.15) is 26.7 Å². The van der Waals surface area contributed by atoms with Crippen LogP contribution in [0.2, 0.25) is 0 Å². The summed E-state index contributed by atoms with van der Waals surface area (Å²) >= 11 is 0. The molecule has 0 aromatic rings. The number of rotatable bonds is 3. The van der Waals surface area contributed by atoms with E-state index in [1.807, 2.05) is 0 Å². The maximum Gasteiger partial charge on any atom is 0.00380 e. The third kappa shape index (κ3) is 1.54. The molecule has 74 valence electrons. The zero-order valence-electron chi connectivity index (χ0n) is 9.09. The molecule has 2 bridgehead atoms. The van der Waals surface area contributed by atoms with Gasteiger partial charge in [-0.2, -0.15) is 0 Å². The number of allylic oxidation sites excluding steroid dienone is 2. The number of hydrogen-bond acceptors (Lipinski definition) is 1. The highest BCUT2D eigenvalue weighted by Gasteiger charge is 2.44. The molecule has 0 radical (unpaired) electrons. The van der Waals surface area contributed by atoms with E-state index in [9.17, 15) is 0 Å². The summed E-state index contributed by atoms with van der Waals surface area (Å²) in [5.74, 6) is 1.77. The number of hydrogen-bond donors (Lipinski definition) is 0. The van der Waals surface area contributed by atoms with Crippen molar-refractivity contribution in [3.8, 4) is 0 Å². The zero-order chi connectivity index (χ0) is 9.47. The molecule has 2 rings (SSSR count). The van der Waals surface area contributed by atoms with Crippen LogP contribution in [0.25, 0.3) is 0 Å². The van der Waals surface area contributed by atoms with Crippen molar-refractivity contribution in [1.29, 1.82) is 0 Å². The van der Waals surface area contributed by atoms with Crippen molar-refractivity contribution in [1.82, 2.24) is 4.90 Å². The molecule has 0 spiro atoms. The van der Waals surface area contributed by atoms with E-state index < -0.39 is 0 Å². The third-order valence-electron chi connectivity index (χ3n) is 3.97. The Morgan fingerprint density at radius 3 is 2.69 bits per heavy atom. The largest absolute Gasteiger partial charge is 0.306 e. The van der Waals surface area contributed by atoms with E-state index in [0.717, 1.165) is 11.8 Å². The maximum atomic E-state index is 2.47. The molecule has 1 nitrogen and oxygen atoms in total. The molecule has 2 aliphatic carbocycles. The smallest absolute Gasteiger partial charge is 0.00380 e. The lowest BCUT2D eigenvalue weighted by atomic mass is 9.77. The Bertz CT molecular complexity index is 221. The minimum atomic E-state index is 0.574. The molecule has 3 atom stereocenters. The molecule has 0 aromatic carbocycles. The molecule has 0 aliphatic heterocycles. The van der Waals surface area contributed by atoms with E-state index in [1.54, 1.807) is 0 Å². The van der Waals surface area contributed by atoms with Gasteiger partial charge in [-0.25, -0.2) is 0 Å². The molecular formula is C12H21N. The minimum absolute atomic E-state index is 0.574. The van der Waals surface area contributed by atoms with Crippen molar-refractivity contribution in [3.05, 3.63) is 12.2 Å². The SMILES string of the molecule is CCN(C)CC1(C)CC2C=CC1C2. The first-order chi connectivity index (χ1) is 6.14. The van der Waals surface area contributed by atoms with Gasteiger partial charge in [-0.15, -0.1) is 0 Å². The monoisotopic (exact) mass is 179 g/mol. The lowest BCUT2D eigenvalue weighted by Gasteiger charge is -2.35. The van der Waals surface area contributed by atoms with Crippen LogP contribution < -0.4 is 0 Å². The first-order valence-corrected chi connectivity index (χ1v) is 5.51. The summed E-state index contributed by atoms with van der Waals surface area (Å²) in [6.45, 7) is 7.16. The molecule has 0 heterocycles. The van der Waals surface area contributed by atoms with Gasteiger partial charge >= 0.3 is 0 Å². The van der Waals surface area contributed by atoms with Crippen LogP contribution in [0.3, 0.4) is 0 Å². The summed E-state index contributed by atoms with van der Waals surface area (Å²) in [6, 6.07) is 0. The van der Waals surface area contributed by atoms with Gasteiger partial charge in [-0.1, -0.05) is 26.0 Å². The Labute approximate surface area is 81.8 Å². The fraction of sp³-hybridized carbons (Fsp3) is 0.833. The summed E-state index contributed by atoms with van der Waals surface area (Å²) in [4.78, 5) is 2.45.